The summed E-state index contributed by atoms with van der Waals surface area (Å²) in [4.78, 5) is 22.6. The van der Waals surface area contributed by atoms with Crippen molar-refractivity contribution in [3.8, 4) is 0 Å². The molecule has 1 unspecified atom stereocenters. The number of hydrogen-bond acceptors (Lipinski definition) is 4. The number of amides is 3. The lowest BCUT2D eigenvalue weighted by molar-refractivity contribution is -0.117. The highest BCUT2D eigenvalue weighted by Gasteiger charge is 2.15. The summed E-state index contributed by atoms with van der Waals surface area (Å²) in [5, 5.41) is 13.6. The largest absolute Gasteiger partial charge is 0.395 e. The van der Waals surface area contributed by atoms with Crippen molar-refractivity contribution in [1.29, 1.82) is 0 Å². The van der Waals surface area contributed by atoms with Gasteiger partial charge in [0.1, 0.15) is 0 Å². The van der Waals surface area contributed by atoms with E-state index in [1.54, 1.807) is 0 Å². The van der Waals surface area contributed by atoms with E-state index in [0.717, 1.165) is 0 Å². The Morgan fingerprint density at radius 1 is 1.38 bits per heavy atom. The minimum atomic E-state index is -0.491. The van der Waals surface area contributed by atoms with Gasteiger partial charge in [0.15, 0.2) is 0 Å². The molecule has 94 valence electrons. The summed E-state index contributed by atoms with van der Waals surface area (Å²) < 4.78 is 0. The Morgan fingerprint density at radius 3 is 2.38 bits per heavy atom. The first-order chi connectivity index (χ1) is 7.24. The van der Waals surface area contributed by atoms with Crippen LogP contribution in [0.15, 0.2) is 0 Å². The fourth-order valence-electron chi connectivity index (χ4n) is 0.805. The SMILES string of the molecule is CC(CO)SCC(=O)NC(=O)NC(C)(C)C. The van der Waals surface area contributed by atoms with Gasteiger partial charge < -0.3 is 10.4 Å². The smallest absolute Gasteiger partial charge is 0.321 e. The number of carbonyl (C=O) groups is 2. The standard InChI is InChI=1S/C10H20N2O3S/c1-7(5-13)16-6-8(14)11-9(15)12-10(2,3)4/h7,13H,5-6H2,1-4H3,(H2,11,12,14,15). The second-order valence-electron chi connectivity index (χ2n) is 4.56. The maximum Gasteiger partial charge on any atom is 0.321 e. The van der Waals surface area contributed by atoms with E-state index in [1.807, 2.05) is 27.7 Å². The van der Waals surface area contributed by atoms with E-state index in [4.69, 9.17) is 5.11 Å². The third kappa shape index (κ3) is 8.55. The van der Waals surface area contributed by atoms with Crippen molar-refractivity contribution in [2.24, 2.45) is 0 Å². The second-order valence-corrected chi connectivity index (χ2v) is 5.98. The van der Waals surface area contributed by atoms with Crippen molar-refractivity contribution < 1.29 is 14.7 Å². The van der Waals surface area contributed by atoms with Crippen LogP contribution in [0.4, 0.5) is 4.79 Å². The second kappa shape index (κ2) is 6.75. The zero-order valence-electron chi connectivity index (χ0n) is 10.2. The Labute approximate surface area is 100 Å². The molecule has 0 spiro atoms. The lowest BCUT2D eigenvalue weighted by Gasteiger charge is -2.20. The molecule has 0 aliphatic rings. The number of urea groups is 1. The zero-order chi connectivity index (χ0) is 12.8. The summed E-state index contributed by atoms with van der Waals surface area (Å²) >= 11 is 1.30. The molecule has 3 amide bonds. The van der Waals surface area contributed by atoms with Gasteiger partial charge in [-0.2, -0.15) is 0 Å². The Morgan fingerprint density at radius 2 is 1.94 bits per heavy atom. The molecule has 0 rings (SSSR count). The Kier molecular flexibility index (Phi) is 6.43. The highest BCUT2D eigenvalue weighted by Crippen LogP contribution is 2.08. The van der Waals surface area contributed by atoms with Crippen molar-refractivity contribution in [2.75, 3.05) is 12.4 Å². The Hall–Kier alpha value is -0.750. The van der Waals surface area contributed by atoms with Crippen LogP contribution in [0, 0.1) is 0 Å². The molecule has 0 aromatic rings. The van der Waals surface area contributed by atoms with Gasteiger partial charge in [0.25, 0.3) is 0 Å². The first-order valence-electron chi connectivity index (χ1n) is 5.09. The van der Waals surface area contributed by atoms with Crippen LogP contribution in [-0.2, 0) is 4.79 Å². The van der Waals surface area contributed by atoms with Gasteiger partial charge in [0.2, 0.25) is 5.91 Å². The monoisotopic (exact) mass is 248 g/mol. The van der Waals surface area contributed by atoms with E-state index >= 15 is 0 Å². The molecule has 0 aromatic heterocycles. The van der Waals surface area contributed by atoms with Crippen LogP contribution in [0.2, 0.25) is 0 Å². The van der Waals surface area contributed by atoms with Gasteiger partial charge in [-0.3, -0.25) is 10.1 Å². The minimum absolute atomic E-state index is 0.00331. The van der Waals surface area contributed by atoms with Gasteiger partial charge >= 0.3 is 6.03 Å². The maximum atomic E-state index is 11.3. The molecule has 0 bridgehead atoms. The number of thioether (sulfide) groups is 1. The van der Waals surface area contributed by atoms with Gasteiger partial charge in [-0.25, -0.2) is 4.79 Å². The average molecular weight is 248 g/mol. The lowest BCUT2D eigenvalue weighted by Crippen LogP contribution is -2.48. The first kappa shape index (κ1) is 15.2. The van der Waals surface area contributed by atoms with E-state index in [9.17, 15) is 9.59 Å². The number of nitrogens with one attached hydrogen (secondary N) is 2. The molecule has 16 heavy (non-hydrogen) atoms. The lowest BCUT2D eigenvalue weighted by atomic mass is 10.1. The molecule has 0 aliphatic carbocycles. The first-order valence-corrected chi connectivity index (χ1v) is 6.14. The molecular formula is C10H20N2O3S. The zero-order valence-corrected chi connectivity index (χ0v) is 11.0. The normalized spacial score (nSPS) is 13.1. The summed E-state index contributed by atoms with van der Waals surface area (Å²) in [6.07, 6.45) is 0. The summed E-state index contributed by atoms with van der Waals surface area (Å²) in [7, 11) is 0. The van der Waals surface area contributed by atoms with Crippen LogP contribution in [0.1, 0.15) is 27.7 Å². The molecule has 0 saturated carbocycles. The Balaban J connectivity index is 3.84. The summed E-state index contributed by atoms with van der Waals surface area (Å²) in [6.45, 7) is 7.33. The molecule has 5 nitrogen and oxygen atoms in total. The van der Waals surface area contributed by atoms with Crippen LogP contribution in [-0.4, -0.2) is 40.2 Å². The number of aliphatic hydroxyl groups excluding tert-OH is 1. The van der Waals surface area contributed by atoms with Crippen molar-refractivity contribution >= 4 is 23.7 Å². The van der Waals surface area contributed by atoms with Crippen LogP contribution in [0.5, 0.6) is 0 Å². The quantitative estimate of drug-likeness (QED) is 0.685. The van der Waals surface area contributed by atoms with Crippen molar-refractivity contribution in [3.63, 3.8) is 0 Å². The van der Waals surface area contributed by atoms with Gasteiger partial charge in [-0.15, -0.1) is 11.8 Å². The maximum absolute atomic E-state index is 11.3. The fourth-order valence-corrected chi connectivity index (χ4v) is 1.42. The predicted molar refractivity (Wildman–Crippen MR) is 65.4 cm³/mol. The molecule has 6 heteroatoms. The molecule has 0 aromatic carbocycles. The average Bonchev–Trinajstić information content (AvgIpc) is 2.10. The summed E-state index contributed by atoms with van der Waals surface area (Å²) in [6, 6.07) is -0.491. The highest BCUT2D eigenvalue weighted by atomic mass is 32.2. The molecule has 0 heterocycles. The third-order valence-electron chi connectivity index (χ3n) is 1.50. The minimum Gasteiger partial charge on any atom is -0.395 e. The Bertz CT molecular complexity index is 251. The third-order valence-corrected chi connectivity index (χ3v) is 2.64. The number of aliphatic hydroxyl groups is 1. The summed E-state index contributed by atoms with van der Waals surface area (Å²) in [5.41, 5.74) is -0.365. The van der Waals surface area contributed by atoms with Crippen LogP contribution in [0.3, 0.4) is 0 Å². The van der Waals surface area contributed by atoms with Gasteiger partial charge in [-0.05, 0) is 20.8 Å². The van der Waals surface area contributed by atoms with Crippen LogP contribution < -0.4 is 10.6 Å². The molecule has 0 aliphatic heterocycles. The molecule has 3 N–H and O–H groups in total. The number of hydrogen-bond donors (Lipinski definition) is 3. The number of imide groups is 1. The molecular weight excluding hydrogens is 228 g/mol. The fraction of sp³-hybridized carbons (Fsp3) is 0.800. The molecule has 0 saturated heterocycles. The van der Waals surface area contributed by atoms with E-state index in [2.05, 4.69) is 10.6 Å². The number of carbonyl (C=O) groups excluding carboxylic acids is 2. The molecule has 1 atom stereocenters. The van der Waals surface area contributed by atoms with E-state index in [1.165, 1.54) is 11.8 Å². The highest BCUT2D eigenvalue weighted by molar-refractivity contribution is 8.00. The van der Waals surface area contributed by atoms with Crippen molar-refractivity contribution in [1.82, 2.24) is 10.6 Å². The number of rotatable bonds is 4. The van der Waals surface area contributed by atoms with Gasteiger partial charge in [0.05, 0.1) is 12.4 Å². The van der Waals surface area contributed by atoms with E-state index < -0.39 is 6.03 Å². The van der Waals surface area contributed by atoms with Crippen molar-refractivity contribution in [2.45, 2.75) is 38.5 Å². The topological polar surface area (TPSA) is 78.4 Å². The molecule has 0 radical (unpaired) electrons. The van der Waals surface area contributed by atoms with Crippen LogP contribution in [0.25, 0.3) is 0 Å². The molecule has 0 fully saturated rings. The van der Waals surface area contributed by atoms with Crippen LogP contribution >= 0.6 is 11.8 Å². The summed E-state index contributed by atoms with van der Waals surface area (Å²) in [5.74, 6) is -0.189. The van der Waals surface area contributed by atoms with E-state index in [0.29, 0.717) is 0 Å². The van der Waals surface area contributed by atoms with Gasteiger partial charge in [-0.1, -0.05) is 6.92 Å². The van der Waals surface area contributed by atoms with Gasteiger partial charge in [0, 0.05) is 10.8 Å². The van der Waals surface area contributed by atoms with Crippen molar-refractivity contribution in [3.05, 3.63) is 0 Å². The van der Waals surface area contributed by atoms with E-state index in [-0.39, 0.29) is 29.1 Å². The predicted octanol–water partition coefficient (Wildman–Crippen LogP) is 0.725.